The molecule has 76 valence electrons. The van der Waals surface area contributed by atoms with Crippen LogP contribution >= 0.6 is 0 Å². The summed E-state index contributed by atoms with van der Waals surface area (Å²) in [5.41, 5.74) is -1.63. The van der Waals surface area contributed by atoms with Crippen molar-refractivity contribution in [2.45, 2.75) is 6.43 Å². The van der Waals surface area contributed by atoms with Crippen molar-refractivity contribution in [3.8, 4) is 5.75 Å². The molecule has 0 fully saturated rings. The molecule has 0 unspecified atom stereocenters. The number of ether oxygens (including phenoxy) is 1. The zero-order valence-electron chi connectivity index (χ0n) is 7.21. The Hall–Kier alpha value is -1.72. The van der Waals surface area contributed by atoms with Crippen LogP contribution in [0, 0.1) is 0 Å². The highest BCUT2D eigenvalue weighted by Gasteiger charge is 2.17. The molecule has 0 amide bonds. The molecule has 1 heterocycles. The molecule has 1 aromatic rings. The van der Waals surface area contributed by atoms with Gasteiger partial charge in [0.25, 0.3) is 12.0 Å². The Bertz CT molecular complexity index is 400. The fourth-order valence-electron chi connectivity index (χ4n) is 1.02. The van der Waals surface area contributed by atoms with Gasteiger partial charge in [-0.15, -0.1) is 0 Å². The highest BCUT2D eigenvalue weighted by Crippen LogP contribution is 2.25. The number of carbonyl (C=O) groups excluding carboxylic acids is 1. The fourth-order valence-corrected chi connectivity index (χ4v) is 1.02. The number of hydrogen-bond donors (Lipinski definition) is 1. The average molecular weight is 203 g/mol. The number of aromatic amines is 1. The molecule has 0 saturated heterocycles. The number of H-pyrrole nitrogens is 1. The second-order valence-corrected chi connectivity index (χ2v) is 2.46. The second-order valence-electron chi connectivity index (χ2n) is 2.46. The molecule has 0 spiro atoms. The van der Waals surface area contributed by atoms with E-state index in [0.29, 0.717) is 0 Å². The molecule has 0 aliphatic carbocycles. The summed E-state index contributed by atoms with van der Waals surface area (Å²) in [6.45, 7) is 0. The minimum Gasteiger partial charge on any atom is -0.491 e. The lowest BCUT2D eigenvalue weighted by atomic mass is 10.2. The molecule has 0 radical (unpaired) electrons. The average Bonchev–Trinajstić information content (AvgIpc) is 2.16. The summed E-state index contributed by atoms with van der Waals surface area (Å²) in [6, 6.07) is 0.887. The Kier molecular flexibility index (Phi) is 2.95. The fraction of sp³-hybridized carbons (Fsp3) is 0.250. The number of alkyl halides is 2. The first-order valence-electron chi connectivity index (χ1n) is 3.64. The number of pyridine rings is 1. The number of hydrogen-bond acceptors (Lipinski definition) is 3. The van der Waals surface area contributed by atoms with Gasteiger partial charge in [-0.25, -0.2) is 8.78 Å². The number of aromatic nitrogens is 1. The van der Waals surface area contributed by atoms with Gasteiger partial charge in [0.2, 0.25) is 0 Å². The van der Waals surface area contributed by atoms with Gasteiger partial charge in [-0.3, -0.25) is 9.59 Å². The topological polar surface area (TPSA) is 59.2 Å². The largest absolute Gasteiger partial charge is 0.491 e. The SMILES string of the molecule is COc1c(C(F)F)cc(C=O)[nH]c1=O. The zero-order chi connectivity index (χ0) is 10.7. The lowest BCUT2D eigenvalue weighted by molar-refractivity contribution is 0.111. The van der Waals surface area contributed by atoms with Gasteiger partial charge < -0.3 is 9.72 Å². The van der Waals surface area contributed by atoms with Crippen molar-refractivity contribution in [1.29, 1.82) is 0 Å². The maximum atomic E-state index is 12.4. The molecule has 0 saturated carbocycles. The molecule has 0 bridgehead atoms. The summed E-state index contributed by atoms with van der Waals surface area (Å²) in [5.74, 6) is -0.467. The predicted octanol–water partition coefficient (Wildman–Crippen LogP) is 1.13. The van der Waals surface area contributed by atoms with Gasteiger partial charge in [0.1, 0.15) is 0 Å². The Balaban J connectivity index is 3.43. The zero-order valence-corrected chi connectivity index (χ0v) is 7.21. The number of nitrogens with one attached hydrogen (secondary N) is 1. The molecule has 0 aromatic carbocycles. The van der Waals surface area contributed by atoms with Crippen molar-refractivity contribution < 1.29 is 18.3 Å². The van der Waals surface area contributed by atoms with E-state index < -0.39 is 23.3 Å². The summed E-state index contributed by atoms with van der Waals surface area (Å²) < 4.78 is 29.2. The van der Waals surface area contributed by atoms with E-state index in [2.05, 4.69) is 9.72 Å². The van der Waals surface area contributed by atoms with Crippen LogP contribution < -0.4 is 10.3 Å². The Morgan fingerprint density at radius 2 is 2.21 bits per heavy atom. The molecular weight excluding hydrogens is 196 g/mol. The molecule has 0 aliphatic heterocycles. The van der Waals surface area contributed by atoms with Gasteiger partial charge in [-0.2, -0.15) is 0 Å². The van der Waals surface area contributed by atoms with E-state index in [0.717, 1.165) is 13.2 Å². The number of methoxy groups -OCH3 is 1. The van der Waals surface area contributed by atoms with Crippen LogP contribution in [0.5, 0.6) is 5.75 Å². The third-order valence-electron chi connectivity index (χ3n) is 1.60. The van der Waals surface area contributed by atoms with Gasteiger partial charge in [0.05, 0.1) is 18.4 Å². The molecule has 4 nitrogen and oxygen atoms in total. The van der Waals surface area contributed by atoms with E-state index in [1.807, 2.05) is 0 Å². The van der Waals surface area contributed by atoms with Crippen LogP contribution in [0.15, 0.2) is 10.9 Å². The second kappa shape index (κ2) is 3.99. The summed E-state index contributed by atoms with van der Waals surface area (Å²) in [7, 11) is 1.11. The molecule has 0 atom stereocenters. The van der Waals surface area contributed by atoms with Gasteiger partial charge in [0, 0.05) is 0 Å². The van der Waals surface area contributed by atoms with Crippen LogP contribution in [0.4, 0.5) is 8.78 Å². The van der Waals surface area contributed by atoms with E-state index in [9.17, 15) is 18.4 Å². The molecule has 14 heavy (non-hydrogen) atoms. The van der Waals surface area contributed by atoms with Crippen LogP contribution in [0.25, 0.3) is 0 Å². The van der Waals surface area contributed by atoms with E-state index >= 15 is 0 Å². The van der Waals surface area contributed by atoms with Crippen molar-refractivity contribution in [3.05, 3.63) is 27.7 Å². The van der Waals surface area contributed by atoms with Crippen LogP contribution in [-0.2, 0) is 0 Å². The summed E-state index contributed by atoms with van der Waals surface area (Å²) >= 11 is 0. The van der Waals surface area contributed by atoms with Crippen molar-refractivity contribution in [2.75, 3.05) is 7.11 Å². The van der Waals surface area contributed by atoms with Crippen LogP contribution in [0.1, 0.15) is 22.5 Å². The van der Waals surface area contributed by atoms with E-state index in [1.165, 1.54) is 0 Å². The standard InChI is InChI=1S/C8H7F2NO3/c1-14-6-5(7(9)10)2-4(3-12)11-8(6)13/h2-3,7H,1H3,(H,11,13). The minimum atomic E-state index is -2.86. The summed E-state index contributed by atoms with van der Waals surface area (Å²) in [5, 5.41) is 0. The number of halogens is 2. The Morgan fingerprint density at radius 1 is 1.57 bits per heavy atom. The first-order chi connectivity index (χ1) is 6.60. The molecule has 1 aromatic heterocycles. The van der Waals surface area contributed by atoms with Gasteiger partial charge in [0.15, 0.2) is 12.0 Å². The Labute approximate surface area is 77.5 Å². The lowest BCUT2D eigenvalue weighted by Gasteiger charge is -2.06. The predicted molar refractivity (Wildman–Crippen MR) is 44.0 cm³/mol. The van der Waals surface area contributed by atoms with E-state index in [4.69, 9.17) is 0 Å². The smallest absolute Gasteiger partial charge is 0.291 e. The van der Waals surface area contributed by atoms with Gasteiger partial charge >= 0.3 is 0 Å². The normalized spacial score (nSPS) is 10.3. The summed E-state index contributed by atoms with van der Waals surface area (Å²) in [6.07, 6.45) is -2.57. The van der Waals surface area contributed by atoms with Crippen molar-refractivity contribution in [2.24, 2.45) is 0 Å². The van der Waals surface area contributed by atoms with E-state index in [-0.39, 0.29) is 12.0 Å². The minimum absolute atomic E-state index is 0.203. The lowest BCUT2D eigenvalue weighted by Crippen LogP contribution is -2.14. The number of aldehydes is 1. The van der Waals surface area contributed by atoms with Gasteiger partial charge in [-0.1, -0.05) is 0 Å². The highest BCUT2D eigenvalue weighted by molar-refractivity contribution is 5.72. The highest BCUT2D eigenvalue weighted by atomic mass is 19.3. The maximum Gasteiger partial charge on any atom is 0.291 e. The first kappa shape index (κ1) is 10.4. The third kappa shape index (κ3) is 1.78. The van der Waals surface area contributed by atoms with Crippen LogP contribution in [0.2, 0.25) is 0 Å². The number of rotatable bonds is 3. The number of carbonyl (C=O) groups is 1. The third-order valence-corrected chi connectivity index (χ3v) is 1.60. The molecule has 6 heteroatoms. The molecule has 1 rings (SSSR count). The van der Waals surface area contributed by atoms with Crippen LogP contribution in [0.3, 0.4) is 0 Å². The molecular formula is C8H7F2NO3. The van der Waals surface area contributed by atoms with Crippen LogP contribution in [-0.4, -0.2) is 18.4 Å². The van der Waals surface area contributed by atoms with Crippen molar-refractivity contribution in [1.82, 2.24) is 4.98 Å². The van der Waals surface area contributed by atoms with Crippen molar-refractivity contribution >= 4 is 6.29 Å². The maximum absolute atomic E-state index is 12.4. The Morgan fingerprint density at radius 3 is 2.64 bits per heavy atom. The molecule has 1 N–H and O–H groups in total. The quantitative estimate of drug-likeness (QED) is 0.749. The van der Waals surface area contributed by atoms with Crippen molar-refractivity contribution in [3.63, 3.8) is 0 Å². The first-order valence-corrected chi connectivity index (χ1v) is 3.64. The molecule has 0 aliphatic rings. The monoisotopic (exact) mass is 203 g/mol. The summed E-state index contributed by atoms with van der Waals surface area (Å²) in [4.78, 5) is 23.4. The van der Waals surface area contributed by atoms with E-state index in [1.54, 1.807) is 0 Å². The van der Waals surface area contributed by atoms with Gasteiger partial charge in [-0.05, 0) is 6.07 Å².